The molecule has 3 nitrogen and oxygen atoms in total. The van der Waals surface area contributed by atoms with Crippen LogP contribution in [-0.2, 0) is 12.8 Å². The van der Waals surface area contributed by atoms with Gasteiger partial charge in [-0.3, -0.25) is 5.32 Å². The fourth-order valence-electron chi connectivity index (χ4n) is 4.38. The molecule has 5 rings (SSSR count). The minimum absolute atomic E-state index is 0.0714. The highest BCUT2D eigenvalue weighted by atomic mass is 32.1. The summed E-state index contributed by atoms with van der Waals surface area (Å²) in [6.07, 6.45) is 4.54. The summed E-state index contributed by atoms with van der Waals surface area (Å²) in [5.74, 6) is -1.51. The molecule has 1 aromatic heterocycles. The molecule has 6 heteroatoms. The van der Waals surface area contributed by atoms with Gasteiger partial charge in [0, 0.05) is 21.7 Å². The summed E-state index contributed by atoms with van der Waals surface area (Å²) >= 11 is 1.52. The molecule has 0 unspecified atom stereocenters. The molecule has 0 bridgehead atoms. The van der Waals surface area contributed by atoms with E-state index in [-0.39, 0.29) is 5.69 Å². The SMILES string of the molecule is Cc1ccccc1-c1c(NC(=O)Nc2ccc(F)cc2F)sc2cc3c(cc12)CCCC3. The number of carbonyl (C=O) groups excluding carboxylic acids is 1. The van der Waals surface area contributed by atoms with Crippen molar-refractivity contribution in [3.05, 3.63) is 82.9 Å². The zero-order valence-corrected chi connectivity index (χ0v) is 18.4. The molecular formula is C26H22F2N2OS. The Morgan fingerprint density at radius 2 is 1.69 bits per heavy atom. The van der Waals surface area contributed by atoms with Gasteiger partial charge in [-0.2, -0.15) is 0 Å². The lowest BCUT2D eigenvalue weighted by Crippen LogP contribution is -2.20. The van der Waals surface area contributed by atoms with E-state index in [2.05, 4.69) is 41.8 Å². The molecule has 0 atom stereocenters. The van der Waals surface area contributed by atoms with Crippen LogP contribution >= 0.6 is 11.3 Å². The highest BCUT2D eigenvalue weighted by Gasteiger charge is 2.21. The van der Waals surface area contributed by atoms with Gasteiger partial charge in [0.15, 0.2) is 0 Å². The number of halogens is 2. The van der Waals surface area contributed by atoms with Crippen LogP contribution in [0.2, 0.25) is 0 Å². The van der Waals surface area contributed by atoms with Crippen LogP contribution in [0.3, 0.4) is 0 Å². The predicted molar refractivity (Wildman–Crippen MR) is 128 cm³/mol. The van der Waals surface area contributed by atoms with Crippen LogP contribution in [-0.4, -0.2) is 6.03 Å². The maximum atomic E-state index is 14.0. The Morgan fingerprint density at radius 1 is 0.938 bits per heavy atom. The van der Waals surface area contributed by atoms with Crippen molar-refractivity contribution in [3.63, 3.8) is 0 Å². The van der Waals surface area contributed by atoms with Crippen molar-refractivity contribution in [1.82, 2.24) is 0 Å². The van der Waals surface area contributed by atoms with Crippen molar-refractivity contribution in [2.24, 2.45) is 0 Å². The third kappa shape index (κ3) is 3.86. The van der Waals surface area contributed by atoms with Crippen molar-refractivity contribution < 1.29 is 13.6 Å². The van der Waals surface area contributed by atoms with E-state index in [1.165, 1.54) is 41.4 Å². The van der Waals surface area contributed by atoms with E-state index in [9.17, 15) is 13.6 Å². The molecule has 162 valence electrons. The molecular weight excluding hydrogens is 426 g/mol. The zero-order valence-electron chi connectivity index (χ0n) is 17.6. The number of hydrogen-bond donors (Lipinski definition) is 2. The van der Waals surface area contributed by atoms with Crippen molar-refractivity contribution in [1.29, 1.82) is 0 Å². The molecule has 4 aromatic rings. The van der Waals surface area contributed by atoms with Crippen LogP contribution in [0.15, 0.2) is 54.6 Å². The van der Waals surface area contributed by atoms with Gasteiger partial charge in [0.2, 0.25) is 0 Å². The Kier molecular flexibility index (Phi) is 5.39. The van der Waals surface area contributed by atoms with Gasteiger partial charge in [-0.15, -0.1) is 11.3 Å². The van der Waals surface area contributed by atoms with Crippen LogP contribution in [0.25, 0.3) is 21.2 Å². The lowest BCUT2D eigenvalue weighted by atomic mass is 9.89. The van der Waals surface area contributed by atoms with E-state index in [1.807, 2.05) is 12.1 Å². The standard InChI is InChI=1S/C26H22F2N2OS/c1-15-6-2-5-9-19(15)24-20-12-16-7-3-4-8-17(16)13-23(20)32-25(24)30-26(31)29-22-11-10-18(27)14-21(22)28/h2,5-6,9-14H,3-4,7-8H2,1H3,(H2,29,30,31). The summed E-state index contributed by atoms with van der Waals surface area (Å²) in [5.41, 5.74) is 5.83. The van der Waals surface area contributed by atoms with Crippen LogP contribution < -0.4 is 10.6 Å². The third-order valence-electron chi connectivity index (χ3n) is 5.97. The topological polar surface area (TPSA) is 41.1 Å². The summed E-state index contributed by atoms with van der Waals surface area (Å²) in [7, 11) is 0. The molecule has 0 fully saturated rings. The van der Waals surface area contributed by atoms with E-state index in [0.717, 1.165) is 51.8 Å². The maximum absolute atomic E-state index is 14.0. The molecule has 32 heavy (non-hydrogen) atoms. The highest BCUT2D eigenvalue weighted by Crippen LogP contribution is 2.45. The number of hydrogen-bond acceptors (Lipinski definition) is 2. The first-order valence-corrected chi connectivity index (χ1v) is 11.5. The Hall–Kier alpha value is -3.25. The number of urea groups is 1. The van der Waals surface area contributed by atoms with E-state index in [4.69, 9.17) is 0 Å². The lowest BCUT2D eigenvalue weighted by Gasteiger charge is -2.16. The molecule has 0 saturated heterocycles. The van der Waals surface area contributed by atoms with Gasteiger partial charge in [-0.25, -0.2) is 13.6 Å². The molecule has 1 aliphatic carbocycles. The second-order valence-corrected chi connectivity index (χ2v) is 9.20. The number of anilines is 2. The number of carbonyl (C=O) groups is 1. The molecule has 2 N–H and O–H groups in total. The van der Waals surface area contributed by atoms with E-state index in [1.54, 1.807) is 0 Å². The fraction of sp³-hybridized carbons (Fsp3) is 0.192. The highest BCUT2D eigenvalue weighted by molar-refractivity contribution is 7.23. The van der Waals surface area contributed by atoms with E-state index in [0.29, 0.717) is 5.00 Å². The number of benzene rings is 3. The van der Waals surface area contributed by atoms with Gasteiger partial charge >= 0.3 is 6.03 Å². The minimum atomic E-state index is -0.816. The molecule has 3 aromatic carbocycles. The zero-order chi connectivity index (χ0) is 22.2. The average Bonchev–Trinajstić information content (AvgIpc) is 3.10. The lowest BCUT2D eigenvalue weighted by molar-refractivity contribution is 0.262. The third-order valence-corrected chi connectivity index (χ3v) is 7.04. The van der Waals surface area contributed by atoms with Gasteiger partial charge in [-0.1, -0.05) is 24.3 Å². The van der Waals surface area contributed by atoms with Gasteiger partial charge in [-0.05, 0) is 79.1 Å². The maximum Gasteiger partial charge on any atom is 0.324 e. The van der Waals surface area contributed by atoms with Crippen LogP contribution in [0, 0.1) is 18.6 Å². The summed E-state index contributed by atoms with van der Waals surface area (Å²) < 4.78 is 28.3. The smallest absolute Gasteiger partial charge is 0.305 e. The van der Waals surface area contributed by atoms with Crippen LogP contribution in [0.1, 0.15) is 29.5 Å². The first-order chi connectivity index (χ1) is 15.5. The molecule has 2 amide bonds. The normalized spacial score (nSPS) is 13.1. The Labute approximate surface area is 189 Å². The molecule has 1 aliphatic rings. The number of nitrogens with one attached hydrogen (secondary N) is 2. The van der Waals surface area contributed by atoms with Crippen molar-refractivity contribution in [3.8, 4) is 11.1 Å². The number of aryl methyl sites for hydroxylation is 3. The quantitative estimate of drug-likeness (QED) is 0.332. The predicted octanol–water partition coefficient (Wildman–Crippen LogP) is 7.68. The number of rotatable bonds is 3. The Morgan fingerprint density at radius 3 is 2.44 bits per heavy atom. The molecule has 0 radical (unpaired) electrons. The second-order valence-electron chi connectivity index (χ2n) is 8.15. The van der Waals surface area contributed by atoms with Crippen molar-refractivity contribution in [2.75, 3.05) is 10.6 Å². The summed E-state index contributed by atoms with van der Waals surface area (Å²) in [6, 6.07) is 15.1. The monoisotopic (exact) mass is 448 g/mol. The number of fused-ring (bicyclic) bond motifs is 2. The minimum Gasteiger partial charge on any atom is -0.305 e. The van der Waals surface area contributed by atoms with Gasteiger partial charge in [0.05, 0.1) is 5.69 Å². The van der Waals surface area contributed by atoms with Crippen molar-refractivity contribution in [2.45, 2.75) is 32.6 Å². The molecule has 0 saturated carbocycles. The van der Waals surface area contributed by atoms with Crippen LogP contribution in [0.5, 0.6) is 0 Å². The molecule has 0 aliphatic heterocycles. The van der Waals surface area contributed by atoms with Gasteiger partial charge in [0.1, 0.15) is 16.6 Å². The summed E-state index contributed by atoms with van der Waals surface area (Å²) in [6.45, 7) is 2.05. The first kappa shape index (κ1) is 20.6. The average molecular weight is 449 g/mol. The van der Waals surface area contributed by atoms with E-state index >= 15 is 0 Å². The molecule has 1 heterocycles. The molecule has 0 spiro atoms. The Balaban J connectivity index is 1.57. The van der Waals surface area contributed by atoms with E-state index < -0.39 is 17.7 Å². The number of amides is 2. The van der Waals surface area contributed by atoms with Gasteiger partial charge < -0.3 is 5.32 Å². The summed E-state index contributed by atoms with van der Waals surface area (Å²) in [5, 5.41) is 7.23. The number of thiophene rings is 1. The van der Waals surface area contributed by atoms with Gasteiger partial charge in [0.25, 0.3) is 0 Å². The first-order valence-electron chi connectivity index (χ1n) is 10.7. The summed E-state index contributed by atoms with van der Waals surface area (Å²) in [4.78, 5) is 12.7. The van der Waals surface area contributed by atoms with Crippen molar-refractivity contribution >= 4 is 38.1 Å². The second kappa shape index (κ2) is 8.36. The fourth-order valence-corrected chi connectivity index (χ4v) is 5.54. The van der Waals surface area contributed by atoms with Crippen LogP contribution in [0.4, 0.5) is 24.3 Å². The Bertz CT molecular complexity index is 1350. The largest absolute Gasteiger partial charge is 0.324 e.